The summed E-state index contributed by atoms with van der Waals surface area (Å²) in [4.78, 5) is 39.8. The molecule has 0 aliphatic heterocycles. The number of rotatable bonds is 7. The number of carbonyl (C=O) groups is 3. The zero-order valence-corrected chi connectivity index (χ0v) is 19.8. The Morgan fingerprint density at radius 2 is 1.86 bits per heavy atom. The third-order valence-corrected chi connectivity index (χ3v) is 5.85. The van der Waals surface area contributed by atoms with Crippen molar-refractivity contribution in [1.82, 2.24) is 15.6 Å². The Kier molecular flexibility index (Phi) is 7.92. The lowest BCUT2D eigenvalue weighted by molar-refractivity contribution is -0.140. The first-order valence-electron chi connectivity index (χ1n) is 9.59. The molecule has 0 fully saturated rings. The van der Waals surface area contributed by atoms with E-state index in [1.807, 2.05) is 0 Å². The minimum Gasteiger partial charge on any atom is -0.508 e. The minimum atomic E-state index is -4.68. The molecule has 0 bridgehead atoms. The van der Waals surface area contributed by atoms with E-state index in [0.717, 1.165) is 11.5 Å². The van der Waals surface area contributed by atoms with Gasteiger partial charge in [0, 0.05) is 28.0 Å². The number of benzene rings is 2. The van der Waals surface area contributed by atoms with Crippen molar-refractivity contribution in [2.24, 2.45) is 0 Å². The van der Waals surface area contributed by atoms with Crippen LogP contribution in [-0.4, -0.2) is 33.0 Å². The van der Waals surface area contributed by atoms with E-state index in [1.165, 1.54) is 30.3 Å². The summed E-state index contributed by atoms with van der Waals surface area (Å²) in [6.45, 7) is 0.146. The molecule has 3 rings (SSSR count). The van der Waals surface area contributed by atoms with E-state index in [4.69, 9.17) is 0 Å². The molecule has 1 aromatic heterocycles. The predicted molar refractivity (Wildman–Crippen MR) is 124 cm³/mol. The molecular weight excluding hydrogens is 555 g/mol. The third-order valence-electron chi connectivity index (χ3n) is 4.40. The topological polar surface area (TPSA) is 129 Å². The second-order valence-corrected chi connectivity index (χ2v) is 8.68. The van der Waals surface area contributed by atoms with E-state index < -0.39 is 35.4 Å². The highest BCUT2D eigenvalue weighted by atomic mass is 79.9. The van der Waals surface area contributed by atoms with Crippen molar-refractivity contribution in [3.05, 3.63) is 85.4 Å². The van der Waals surface area contributed by atoms with Gasteiger partial charge in [0.1, 0.15) is 16.5 Å². The van der Waals surface area contributed by atoms with Crippen LogP contribution in [0.1, 0.15) is 37.0 Å². The highest BCUT2D eigenvalue weighted by molar-refractivity contribution is 9.10. The maximum atomic E-state index is 12.7. The average Bonchev–Trinajstić information content (AvgIpc) is 3.26. The number of carbonyl (C=O) groups excluding carboxylic acids is 2. The van der Waals surface area contributed by atoms with Crippen LogP contribution < -0.4 is 10.6 Å². The number of carboxylic acid groups (broad SMARTS) is 1. The van der Waals surface area contributed by atoms with E-state index in [0.29, 0.717) is 16.9 Å². The SMILES string of the molecule is O=C(O)C(=Cc1nc(C(F)(F)F)cs1)NC(=O)c1ccc(C(=O)NCc2cccc(O)c2)cc1Br. The van der Waals surface area contributed by atoms with Crippen LogP contribution >= 0.6 is 27.3 Å². The van der Waals surface area contributed by atoms with Crippen LogP contribution in [0.3, 0.4) is 0 Å². The molecule has 35 heavy (non-hydrogen) atoms. The van der Waals surface area contributed by atoms with Gasteiger partial charge >= 0.3 is 12.1 Å². The molecule has 8 nitrogen and oxygen atoms in total. The van der Waals surface area contributed by atoms with Gasteiger partial charge in [0.25, 0.3) is 11.8 Å². The van der Waals surface area contributed by atoms with Crippen LogP contribution in [0.5, 0.6) is 5.75 Å². The first kappa shape index (κ1) is 25.9. The summed E-state index contributed by atoms with van der Waals surface area (Å²) in [5.74, 6) is -2.86. The number of aromatic hydroxyl groups is 1. The molecule has 13 heteroatoms. The Labute approximate surface area is 208 Å². The molecule has 0 saturated carbocycles. The van der Waals surface area contributed by atoms with Crippen molar-refractivity contribution in [2.45, 2.75) is 12.7 Å². The van der Waals surface area contributed by atoms with Gasteiger partial charge in [0.15, 0.2) is 5.69 Å². The largest absolute Gasteiger partial charge is 0.508 e. The molecule has 2 amide bonds. The quantitative estimate of drug-likeness (QED) is 0.312. The number of nitrogens with zero attached hydrogens (tertiary/aromatic N) is 1. The molecular formula is C22H15BrF3N3O5S. The molecule has 3 aromatic rings. The molecule has 0 aliphatic rings. The van der Waals surface area contributed by atoms with Gasteiger partial charge in [-0.05, 0) is 51.8 Å². The minimum absolute atomic E-state index is 0.0169. The molecule has 0 atom stereocenters. The first-order chi connectivity index (χ1) is 16.4. The summed E-state index contributed by atoms with van der Waals surface area (Å²) >= 11 is 3.73. The lowest BCUT2D eigenvalue weighted by Gasteiger charge is -2.10. The second kappa shape index (κ2) is 10.7. The van der Waals surface area contributed by atoms with Crippen LogP contribution in [0.2, 0.25) is 0 Å². The second-order valence-electron chi connectivity index (χ2n) is 6.93. The lowest BCUT2D eigenvalue weighted by Crippen LogP contribution is -2.28. The van der Waals surface area contributed by atoms with Crippen molar-refractivity contribution in [1.29, 1.82) is 0 Å². The number of hydrogen-bond donors (Lipinski definition) is 4. The summed E-state index contributed by atoms with van der Waals surface area (Å²) in [6, 6.07) is 10.3. The van der Waals surface area contributed by atoms with Gasteiger partial charge in [-0.25, -0.2) is 9.78 Å². The standard InChI is InChI=1S/C22H15BrF3N3O5S/c23-15-7-12(19(31)27-9-11-2-1-3-13(30)6-11)4-5-14(15)20(32)28-16(21(33)34)8-18-29-17(10-35-18)22(24,25)26/h1-8,10,30H,9H2,(H,27,31)(H,28,32)(H,33,34). The van der Waals surface area contributed by atoms with Crippen molar-refractivity contribution < 1.29 is 37.8 Å². The molecule has 182 valence electrons. The van der Waals surface area contributed by atoms with Gasteiger partial charge in [-0.2, -0.15) is 13.2 Å². The fraction of sp³-hybridized carbons (Fsp3) is 0.0909. The number of aliphatic carboxylic acids is 1. The van der Waals surface area contributed by atoms with Crippen LogP contribution in [-0.2, 0) is 17.5 Å². The number of nitrogens with one attached hydrogen (secondary N) is 2. The number of halogens is 4. The van der Waals surface area contributed by atoms with Crippen LogP contribution in [0, 0.1) is 0 Å². The number of amides is 2. The Morgan fingerprint density at radius 1 is 1.11 bits per heavy atom. The smallest absolute Gasteiger partial charge is 0.434 e. The van der Waals surface area contributed by atoms with Crippen molar-refractivity contribution in [2.75, 3.05) is 0 Å². The van der Waals surface area contributed by atoms with E-state index in [2.05, 4.69) is 31.5 Å². The Hall–Kier alpha value is -3.71. The first-order valence-corrected chi connectivity index (χ1v) is 11.3. The number of thiazole rings is 1. The fourth-order valence-corrected chi connectivity index (χ4v) is 4.05. The zero-order chi connectivity index (χ0) is 25.8. The lowest BCUT2D eigenvalue weighted by atomic mass is 10.1. The normalized spacial score (nSPS) is 11.7. The fourth-order valence-electron chi connectivity index (χ4n) is 2.74. The van der Waals surface area contributed by atoms with Crippen LogP contribution in [0.4, 0.5) is 13.2 Å². The van der Waals surface area contributed by atoms with Gasteiger partial charge < -0.3 is 20.8 Å². The summed E-state index contributed by atoms with van der Waals surface area (Å²) in [5, 5.41) is 24.1. The van der Waals surface area contributed by atoms with Gasteiger partial charge in [-0.3, -0.25) is 9.59 Å². The van der Waals surface area contributed by atoms with Crippen LogP contribution in [0.25, 0.3) is 6.08 Å². The average molecular weight is 570 g/mol. The maximum Gasteiger partial charge on any atom is 0.434 e. The van der Waals surface area contributed by atoms with Gasteiger partial charge in [-0.15, -0.1) is 11.3 Å². The molecule has 0 radical (unpaired) electrons. The van der Waals surface area contributed by atoms with E-state index in [-0.39, 0.29) is 32.9 Å². The molecule has 0 aliphatic carbocycles. The highest BCUT2D eigenvalue weighted by Crippen LogP contribution is 2.30. The van der Waals surface area contributed by atoms with Gasteiger partial charge in [-0.1, -0.05) is 12.1 Å². The number of alkyl halides is 3. The number of aromatic nitrogens is 1. The molecule has 0 saturated heterocycles. The van der Waals surface area contributed by atoms with E-state index in [9.17, 15) is 37.8 Å². The Balaban J connectivity index is 1.72. The zero-order valence-electron chi connectivity index (χ0n) is 17.4. The molecule has 4 N–H and O–H groups in total. The summed E-state index contributed by atoms with van der Waals surface area (Å²) < 4.78 is 38.3. The monoisotopic (exact) mass is 569 g/mol. The maximum absolute atomic E-state index is 12.7. The highest BCUT2D eigenvalue weighted by Gasteiger charge is 2.33. The van der Waals surface area contributed by atoms with Gasteiger partial charge in [0.2, 0.25) is 0 Å². The van der Waals surface area contributed by atoms with Crippen LogP contribution in [0.15, 0.2) is 58.0 Å². The summed E-state index contributed by atoms with van der Waals surface area (Å²) in [6.07, 6.45) is -3.87. The molecule has 2 aromatic carbocycles. The Morgan fingerprint density at radius 3 is 2.46 bits per heavy atom. The number of carboxylic acids is 1. The van der Waals surface area contributed by atoms with Crippen molar-refractivity contribution >= 4 is 51.1 Å². The Bertz CT molecular complexity index is 1320. The molecule has 0 unspecified atom stereocenters. The van der Waals surface area contributed by atoms with E-state index >= 15 is 0 Å². The van der Waals surface area contributed by atoms with Crippen molar-refractivity contribution in [3.63, 3.8) is 0 Å². The summed E-state index contributed by atoms with van der Waals surface area (Å²) in [5.41, 5.74) is -1.01. The number of phenols is 1. The molecule has 0 spiro atoms. The predicted octanol–water partition coefficient (Wildman–Crippen LogP) is 4.42. The third kappa shape index (κ3) is 6.90. The molecule has 1 heterocycles. The van der Waals surface area contributed by atoms with Gasteiger partial charge in [0.05, 0.1) is 5.56 Å². The van der Waals surface area contributed by atoms with E-state index in [1.54, 1.807) is 12.1 Å². The van der Waals surface area contributed by atoms with Crippen molar-refractivity contribution in [3.8, 4) is 5.75 Å². The number of phenolic OH excluding ortho intramolecular Hbond substituents is 1. The number of hydrogen-bond acceptors (Lipinski definition) is 6. The summed E-state index contributed by atoms with van der Waals surface area (Å²) in [7, 11) is 0.